The molecule has 4 aliphatic rings. The van der Waals surface area contributed by atoms with E-state index in [2.05, 4.69) is 5.32 Å². The zero-order chi connectivity index (χ0) is 26.8. The molecule has 0 aliphatic carbocycles. The molecular formula is C28H20N4O7. The lowest BCUT2D eigenvalue weighted by Gasteiger charge is -2.36. The molecule has 3 aromatic carbocycles. The van der Waals surface area contributed by atoms with Gasteiger partial charge in [-0.05, 0) is 35.9 Å². The zero-order valence-corrected chi connectivity index (χ0v) is 20.2. The molecule has 3 aromatic rings. The van der Waals surface area contributed by atoms with Gasteiger partial charge in [0, 0.05) is 29.6 Å². The van der Waals surface area contributed by atoms with E-state index in [9.17, 15) is 24.5 Å². The number of ether oxygens (including phenoxy) is 2. The Morgan fingerprint density at radius 2 is 1.69 bits per heavy atom. The number of rotatable bonds is 4. The van der Waals surface area contributed by atoms with E-state index in [0.29, 0.717) is 22.9 Å². The van der Waals surface area contributed by atoms with Gasteiger partial charge in [0.15, 0.2) is 11.5 Å². The first-order valence-electron chi connectivity index (χ1n) is 12.3. The minimum Gasteiger partial charge on any atom is -0.454 e. The molecule has 194 valence electrons. The summed E-state index contributed by atoms with van der Waals surface area (Å²) in [6.45, 7) is 0.0536. The Morgan fingerprint density at radius 3 is 2.49 bits per heavy atom. The number of benzene rings is 3. The lowest BCUT2D eigenvalue weighted by Crippen LogP contribution is -2.50. The number of non-ortho nitro benzene ring substituents is 1. The fourth-order valence-corrected chi connectivity index (χ4v) is 5.98. The number of fused-ring (bicyclic) bond motifs is 6. The third-order valence-corrected chi connectivity index (χ3v) is 7.64. The molecule has 4 aliphatic heterocycles. The number of anilines is 3. The van der Waals surface area contributed by atoms with Crippen molar-refractivity contribution in [1.29, 1.82) is 0 Å². The van der Waals surface area contributed by atoms with Crippen molar-refractivity contribution in [2.75, 3.05) is 21.9 Å². The monoisotopic (exact) mass is 524 g/mol. The van der Waals surface area contributed by atoms with Gasteiger partial charge in [0.25, 0.3) is 5.69 Å². The molecular weight excluding hydrogens is 504 g/mol. The summed E-state index contributed by atoms with van der Waals surface area (Å²) in [7, 11) is 0. The van der Waals surface area contributed by atoms with Crippen LogP contribution in [0.5, 0.6) is 11.5 Å². The van der Waals surface area contributed by atoms with E-state index in [1.807, 2.05) is 41.3 Å². The molecule has 4 atom stereocenters. The van der Waals surface area contributed by atoms with Gasteiger partial charge in [-0.15, -0.1) is 0 Å². The molecule has 4 unspecified atom stereocenters. The maximum absolute atomic E-state index is 14.0. The van der Waals surface area contributed by atoms with Gasteiger partial charge in [-0.1, -0.05) is 30.4 Å². The lowest BCUT2D eigenvalue weighted by molar-refractivity contribution is -0.384. The van der Waals surface area contributed by atoms with Crippen molar-refractivity contribution in [2.45, 2.75) is 12.1 Å². The second-order valence-corrected chi connectivity index (χ2v) is 9.65. The van der Waals surface area contributed by atoms with E-state index in [1.54, 1.807) is 18.2 Å². The van der Waals surface area contributed by atoms with Gasteiger partial charge in [-0.3, -0.25) is 24.5 Å². The van der Waals surface area contributed by atoms with Crippen molar-refractivity contribution in [3.8, 4) is 11.5 Å². The number of nitro groups is 1. The highest BCUT2D eigenvalue weighted by Gasteiger charge is 2.64. The number of hydrogen-bond donors (Lipinski definition) is 1. The first-order chi connectivity index (χ1) is 18.9. The standard InChI is InChI=1S/C28H20N4O7/c33-26(29-16-6-8-17(9-7-16)32(36)37)25-24-23(20-11-5-15-3-1-2-4-19(15)31(20)25)27(34)30(28(24)35)18-10-12-21-22(13-18)39-14-38-21/h1-13,20,23-25H,14H2,(H,29,33). The third kappa shape index (κ3) is 3.39. The van der Waals surface area contributed by atoms with Gasteiger partial charge in [-0.2, -0.15) is 0 Å². The number of imide groups is 1. The summed E-state index contributed by atoms with van der Waals surface area (Å²) in [6.07, 6.45) is 3.78. The Balaban J connectivity index is 1.28. The smallest absolute Gasteiger partial charge is 0.269 e. The van der Waals surface area contributed by atoms with Crippen LogP contribution in [-0.4, -0.2) is 41.5 Å². The van der Waals surface area contributed by atoms with Gasteiger partial charge >= 0.3 is 0 Å². The summed E-state index contributed by atoms with van der Waals surface area (Å²) in [6, 6.07) is 16.3. The van der Waals surface area contributed by atoms with Crippen molar-refractivity contribution < 1.29 is 28.8 Å². The van der Waals surface area contributed by atoms with E-state index >= 15 is 0 Å². The largest absolute Gasteiger partial charge is 0.454 e. The summed E-state index contributed by atoms with van der Waals surface area (Å²) in [5.74, 6) is -2.15. The second kappa shape index (κ2) is 8.42. The van der Waals surface area contributed by atoms with Crippen LogP contribution in [0.2, 0.25) is 0 Å². The Bertz CT molecular complexity index is 1600. The molecule has 0 spiro atoms. The van der Waals surface area contributed by atoms with Gasteiger partial charge in [-0.25, -0.2) is 4.90 Å². The highest BCUT2D eigenvalue weighted by atomic mass is 16.7. The van der Waals surface area contributed by atoms with Crippen LogP contribution in [-0.2, 0) is 14.4 Å². The second-order valence-electron chi connectivity index (χ2n) is 9.65. The topological polar surface area (TPSA) is 131 Å². The summed E-state index contributed by atoms with van der Waals surface area (Å²) < 4.78 is 10.8. The van der Waals surface area contributed by atoms with Crippen molar-refractivity contribution >= 4 is 46.5 Å². The third-order valence-electron chi connectivity index (χ3n) is 7.64. The molecule has 3 amide bonds. The quantitative estimate of drug-likeness (QED) is 0.312. The van der Waals surface area contributed by atoms with Crippen molar-refractivity contribution in [2.24, 2.45) is 11.8 Å². The molecule has 11 heteroatoms. The SMILES string of the molecule is O=C(Nc1ccc([N+](=O)[O-])cc1)C1C2C(=O)N(c3ccc4c(c3)OCO4)C(=O)C2C2C=Cc3ccccc3N21. The first-order valence-corrected chi connectivity index (χ1v) is 12.3. The molecule has 4 heterocycles. The predicted molar refractivity (Wildman–Crippen MR) is 139 cm³/mol. The number of para-hydroxylation sites is 1. The predicted octanol–water partition coefficient (Wildman–Crippen LogP) is 3.35. The van der Waals surface area contributed by atoms with Crippen LogP contribution in [0.4, 0.5) is 22.7 Å². The molecule has 2 saturated heterocycles. The zero-order valence-electron chi connectivity index (χ0n) is 20.2. The minimum atomic E-state index is -1.00. The summed E-state index contributed by atoms with van der Waals surface area (Å²) in [5, 5.41) is 13.8. The summed E-state index contributed by atoms with van der Waals surface area (Å²) in [4.78, 5) is 55.2. The maximum atomic E-state index is 14.0. The fraction of sp³-hybridized carbons (Fsp3) is 0.179. The molecule has 7 rings (SSSR count). The Labute approximate surface area is 221 Å². The molecule has 0 bridgehead atoms. The molecule has 39 heavy (non-hydrogen) atoms. The van der Waals surface area contributed by atoms with Crippen LogP contribution < -0.4 is 24.6 Å². The average molecular weight is 524 g/mol. The van der Waals surface area contributed by atoms with E-state index < -0.39 is 46.6 Å². The fourth-order valence-electron chi connectivity index (χ4n) is 5.98. The number of nitrogens with one attached hydrogen (secondary N) is 1. The number of nitro benzene ring substituents is 1. The highest BCUT2D eigenvalue weighted by molar-refractivity contribution is 6.25. The van der Waals surface area contributed by atoms with Gasteiger partial charge in [0.05, 0.1) is 28.5 Å². The van der Waals surface area contributed by atoms with Crippen LogP contribution in [0.25, 0.3) is 6.08 Å². The molecule has 2 fully saturated rings. The van der Waals surface area contributed by atoms with Crippen LogP contribution in [0.15, 0.2) is 72.8 Å². The molecule has 1 N–H and O–H groups in total. The van der Waals surface area contributed by atoms with Gasteiger partial charge in [0.1, 0.15) is 6.04 Å². The average Bonchev–Trinajstić information content (AvgIpc) is 3.62. The normalized spacial score (nSPS) is 23.9. The number of hydrogen-bond acceptors (Lipinski definition) is 8. The Morgan fingerprint density at radius 1 is 0.949 bits per heavy atom. The number of nitrogens with zero attached hydrogens (tertiary/aromatic N) is 3. The summed E-state index contributed by atoms with van der Waals surface area (Å²) in [5.41, 5.74) is 2.20. The van der Waals surface area contributed by atoms with Crippen LogP contribution in [0, 0.1) is 22.0 Å². The molecule has 0 aromatic heterocycles. The number of carbonyl (C=O) groups is 3. The van der Waals surface area contributed by atoms with Crippen LogP contribution in [0.1, 0.15) is 5.56 Å². The number of amides is 3. The van der Waals surface area contributed by atoms with Crippen molar-refractivity contribution in [3.63, 3.8) is 0 Å². The molecule has 0 radical (unpaired) electrons. The number of carbonyl (C=O) groups excluding carboxylic acids is 3. The minimum absolute atomic E-state index is 0.0536. The van der Waals surface area contributed by atoms with Gasteiger partial charge in [0.2, 0.25) is 24.5 Å². The Hall–Kier alpha value is -5.19. The van der Waals surface area contributed by atoms with Crippen molar-refractivity contribution in [3.05, 3.63) is 88.5 Å². The van der Waals surface area contributed by atoms with E-state index in [4.69, 9.17) is 9.47 Å². The first kappa shape index (κ1) is 23.0. The summed E-state index contributed by atoms with van der Waals surface area (Å²) >= 11 is 0. The van der Waals surface area contributed by atoms with E-state index in [0.717, 1.165) is 16.2 Å². The molecule has 11 nitrogen and oxygen atoms in total. The van der Waals surface area contributed by atoms with Gasteiger partial charge < -0.3 is 19.7 Å². The Kier molecular flexibility index (Phi) is 4.96. The van der Waals surface area contributed by atoms with Crippen LogP contribution >= 0.6 is 0 Å². The molecule has 0 saturated carbocycles. The van der Waals surface area contributed by atoms with Crippen LogP contribution in [0.3, 0.4) is 0 Å². The maximum Gasteiger partial charge on any atom is 0.269 e. The van der Waals surface area contributed by atoms with E-state index in [1.165, 1.54) is 24.3 Å². The lowest BCUT2D eigenvalue weighted by atomic mass is 9.88. The van der Waals surface area contributed by atoms with Crippen molar-refractivity contribution in [1.82, 2.24) is 0 Å². The van der Waals surface area contributed by atoms with E-state index in [-0.39, 0.29) is 12.5 Å². The highest BCUT2D eigenvalue weighted by Crippen LogP contribution is 2.50.